The summed E-state index contributed by atoms with van der Waals surface area (Å²) in [5.74, 6) is 0.512. The smallest absolute Gasteiger partial charge is 0.223 e. The molecule has 17 heavy (non-hydrogen) atoms. The number of nitrogens with one attached hydrogen (secondary N) is 2. The number of rotatable bonds is 5. The number of hydrogen-bond acceptors (Lipinski definition) is 1. The van der Waals surface area contributed by atoms with E-state index in [1.807, 2.05) is 0 Å². The lowest BCUT2D eigenvalue weighted by molar-refractivity contribution is -0.872. The molecule has 2 rings (SSSR count). The van der Waals surface area contributed by atoms with Crippen molar-refractivity contribution >= 4 is 5.91 Å². The third-order valence-electron chi connectivity index (χ3n) is 3.00. The van der Waals surface area contributed by atoms with Crippen molar-refractivity contribution in [1.82, 2.24) is 5.32 Å². The summed E-state index contributed by atoms with van der Waals surface area (Å²) in [7, 11) is 4.29. The van der Waals surface area contributed by atoms with Crippen molar-refractivity contribution < 1.29 is 9.69 Å². The second-order valence-electron chi connectivity index (χ2n) is 5.19. The highest BCUT2D eigenvalue weighted by atomic mass is 16.2. The highest BCUT2D eigenvalue weighted by molar-refractivity contribution is 5.80. The maximum Gasteiger partial charge on any atom is 0.223 e. The Morgan fingerprint density at radius 2 is 1.82 bits per heavy atom. The van der Waals surface area contributed by atoms with Crippen LogP contribution in [-0.2, 0) is 17.9 Å². The van der Waals surface area contributed by atoms with Crippen LogP contribution in [-0.4, -0.2) is 20.0 Å². The van der Waals surface area contributed by atoms with Crippen LogP contribution in [0.2, 0.25) is 0 Å². The Bertz CT molecular complexity index is 380. The normalized spacial score (nSPS) is 15.0. The van der Waals surface area contributed by atoms with E-state index in [-0.39, 0.29) is 5.91 Å². The van der Waals surface area contributed by atoms with Gasteiger partial charge in [-0.2, -0.15) is 0 Å². The SMILES string of the molecule is C[NH+](C)Cc1ccc(CNC(=O)C2CC2)cc1. The van der Waals surface area contributed by atoms with E-state index in [9.17, 15) is 4.79 Å². The lowest BCUT2D eigenvalue weighted by Gasteiger charge is -2.08. The molecule has 0 aliphatic heterocycles. The summed E-state index contributed by atoms with van der Waals surface area (Å²) >= 11 is 0. The van der Waals surface area contributed by atoms with Gasteiger partial charge in [-0.25, -0.2) is 0 Å². The average molecular weight is 233 g/mol. The molecule has 0 saturated heterocycles. The lowest BCUT2D eigenvalue weighted by atomic mass is 10.1. The Morgan fingerprint density at radius 3 is 2.35 bits per heavy atom. The van der Waals surface area contributed by atoms with Crippen LogP contribution in [0.5, 0.6) is 0 Å². The van der Waals surface area contributed by atoms with Crippen molar-refractivity contribution in [3.63, 3.8) is 0 Å². The molecule has 3 nitrogen and oxygen atoms in total. The first-order valence-electron chi connectivity index (χ1n) is 6.29. The zero-order chi connectivity index (χ0) is 12.3. The molecule has 0 unspecified atom stereocenters. The van der Waals surface area contributed by atoms with Crippen LogP contribution < -0.4 is 10.2 Å². The van der Waals surface area contributed by atoms with Gasteiger partial charge in [0.05, 0.1) is 14.1 Å². The van der Waals surface area contributed by atoms with Gasteiger partial charge in [0, 0.05) is 18.0 Å². The fourth-order valence-corrected chi connectivity index (χ4v) is 1.86. The summed E-state index contributed by atoms with van der Waals surface area (Å²) < 4.78 is 0. The van der Waals surface area contributed by atoms with Gasteiger partial charge in [0.2, 0.25) is 5.91 Å². The maximum absolute atomic E-state index is 11.5. The monoisotopic (exact) mass is 233 g/mol. The fraction of sp³-hybridized carbons (Fsp3) is 0.500. The molecule has 0 aromatic heterocycles. The number of carbonyl (C=O) groups excluding carboxylic acids is 1. The molecule has 1 aliphatic rings. The number of hydrogen-bond donors (Lipinski definition) is 2. The summed E-state index contributed by atoms with van der Waals surface area (Å²) in [6.45, 7) is 1.69. The van der Waals surface area contributed by atoms with E-state index in [1.165, 1.54) is 16.0 Å². The Morgan fingerprint density at radius 1 is 1.24 bits per heavy atom. The Labute approximate surface area is 103 Å². The van der Waals surface area contributed by atoms with Crippen LogP contribution in [0.25, 0.3) is 0 Å². The zero-order valence-electron chi connectivity index (χ0n) is 10.6. The molecule has 0 heterocycles. The first-order valence-corrected chi connectivity index (χ1v) is 6.29. The third-order valence-corrected chi connectivity index (χ3v) is 3.00. The molecular weight excluding hydrogens is 212 g/mol. The predicted molar refractivity (Wildman–Crippen MR) is 67.5 cm³/mol. The van der Waals surface area contributed by atoms with E-state index in [0.717, 1.165) is 19.4 Å². The molecule has 0 bridgehead atoms. The number of quaternary nitrogens is 1. The van der Waals surface area contributed by atoms with Crippen LogP contribution in [0.15, 0.2) is 24.3 Å². The summed E-state index contributed by atoms with van der Waals surface area (Å²) in [5.41, 5.74) is 2.51. The number of benzene rings is 1. The summed E-state index contributed by atoms with van der Waals surface area (Å²) in [4.78, 5) is 12.9. The minimum absolute atomic E-state index is 0.215. The Balaban J connectivity index is 1.82. The van der Waals surface area contributed by atoms with Gasteiger partial charge in [-0.05, 0) is 18.4 Å². The molecule has 3 heteroatoms. The molecule has 2 N–H and O–H groups in total. The van der Waals surface area contributed by atoms with Gasteiger partial charge in [0.25, 0.3) is 0 Å². The maximum atomic E-state index is 11.5. The minimum Gasteiger partial charge on any atom is -0.352 e. The van der Waals surface area contributed by atoms with Gasteiger partial charge in [-0.1, -0.05) is 24.3 Å². The van der Waals surface area contributed by atoms with E-state index in [0.29, 0.717) is 12.5 Å². The van der Waals surface area contributed by atoms with Crippen LogP contribution in [0.1, 0.15) is 24.0 Å². The van der Waals surface area contributed by atoms with Gasteiger partial charge in [-0.15, -0.1) is 0 Å². The van der Waals surface area contributed by atoms with E-state index < -0.39 is 0 Å². The molecule has 1 aliphatic carbocycles. The zero-order valence-corrected chi connectivity index (χ0v) is 10.6. The Kier molecular flexibility index (Phi) is 3.79. The lowest BCUT2D eigenvalue weighted by Crippen LogP contribution is -3.04. The van der Waals surface area contributed by atoms with Crippen molar-refractivity contribution in [1.29, 1.82) is 0 Å². The molecule has 0 spiro atoms. The van der Waals surface area contributed by atoms with Crippen molar-refractivity contribution in [3.8, 4) is 0 Å². The highest BCUT2D eigenvalue weighted by Gasteiger charge is 2.29. The number of amides is 1. The van der Waals surface area contributed by atoms with Crippen molar-refractivity contribution in [2.75, 3.05) is 14.1 Å². The predicted octanol–water partition coefficient (Wildman–Crippen LogP) is 0.357. The summed E-state index contributed by atoms with van der Waals surface area (Å²) in [6, 6.07) is 8.49. The van der Waals surface area contributed by atoms with Crippen molar-refractivity contribution in [2.45, 2.75) is 25.9 Å². The summed E-state index contributed by atoms with van der Waals surface area (Å²) in [6.07, 6.45) is 2.13. The van der Waals surface area contributed by atoms with E-state index in [4.69, 9.17) is 0 Å². The molecule has 1 amide bonds. The van der Waals surface area contributed by atoms with Gasteiger partial charge < -0.3 is 10.2 Å². The average Bonchev–Trinajstić information content (AvgIpc) is 3.11. The van der Waals surface area contributed by atoms with Gasteiger partial charge in [0.15, 0.2) is 0 Å². The first-order chi connectivity index (χ1) is 8.15. The Hall–Kier alpha value is -1.35. The molecule has 92 valence electrons. The standard InChI is InChI=1S/C14H20N2O/c1-16(2)10-12-5-3-11(4-6-12)9-15-14(17)13-7-8-13/h3-6,13H,7-10H2,1-2H3,(H,15,17)/p+1. The quantitative estimate of drug-likeness (QED) is 0.756. The van der Waals surface area contributed by atoms with Crippen molar-refractivity contribution in [2.24, 2.45) is 5.92 Å². The second kappa shape index (κ2) is 5.32. The fourth-order valence-electron chi connectivity index (χ4n) is 1.86. The summed E-state index contributed by atoms with van der Waals surface area (Å²) in [5, 5.41) is 2.98. The molecular formula is C14H21N2O+. The van der Waals surface area contributed by atoms with E-state index in [1.54, 1.807) is 0 Å². The van der Waals surface area contributed by atoms with E-state index in [2.05, 4.69) is 43.7 Å². The van der Waals surface area contributed by atoms with Crippen LogP contribution in [0, 0.1) is 5.92 Å². The molecule has 1 aromatic carbocycles. The van der Waals surface area contributed by atoms with E-state index >= 15 is 0 Å². The largest absolute Gasteiger partial charge is 0.352 e. The second-order valence-corrected chi connectivity index (χ2v) is 5.19. The molecule has 1 aromatic rings. The van der Waals surface area contributed by atoms with Crippen LogP contribution in [0.4, 0.5) is 0 Å². The van der Waals surface area contributed by atoms with Crippen LogP contribution >= 0.6 is 0 Å². The van der Waals surface area contributed by atoms with Gasteiger partial charge in [0.1, 0.15) is 6.54 Å². The molecule has 1 saturated carbocycles. The third kappa shape index (κ3) is 3.86. The molecule has 0 radical (unpaired) electrons. The number of carbonyl (C=O) groups is 1. The minimum atomic E-state index is 0.215. The highest BCUT2D eigenvalue weighted by Crippen LogP contribution is 2.28. The van der Waals surface area contributed by atoms with Crippen molar-refractivity contribution in [3.05, 3.63) is 35.4 Å². The van der Waals surface area contributed by atoms with Gasteiger partial charge in [-0.3, -0.25) is 4.79 Å². The van der Waals surface area contributed by atoms with Gasteiger partial charge >= 0.3 is 0 Å². The first kappa shape index (κ1) is 12.1. The molecule has 0 atom stereocenters. The molecule has 1 fully saturated rings. The van der Waals surface area contributed by atoms with Crippen LogP contribution in [0.3, 0.4) is 0 Å². The topological polar surface area (TPSA) is 33.5 Å².